The summed E-state index contributed by atoms with van der Waals surface area (Å²) in [6.07, 6.45) is -1.06. The van der Waals surface area contributed by atoms with Crippen LogP contribution in [0.4, 0.5) is 30.7 Å². The molecule has 0 spiro atoms. The van der Waals surface area contributed by atoms with Gasteiger partial charge in [0.25, 0.3) is 0 Å². The van der Waals surface area contributed by atoms with Crippen LogP contribution < -0.4 is 0 Å². The Bertz CT molecular complexity index is 328. The van der Waals surface area contributed by atoms with Gasteiger partial charge in [0.2, 0.25) is 0 Å². The summed E-state index contributed by atoms with van der Waals surface area (Å²) in [5.74, 6) is -13.1. The largest absolute Gasteiger partial charge is 0.459 e. The molecular weight excluding hydrogens is 440 g/mol. The van der Waals surface area contributed by atoms with Crippen molar-refractivity contribution >= 4 is 22.6 Å². The third-order valence-corrected chi connectivity index (χ3v) is 5.44. The number of hydrogen-bond donors (Lipinski definition) is 0. The predicted octanol–water partition coefficient (Wildman–Crippen LogP) is 7.40. The summed E-state index contributed by atoms with van der Waals surface area (Å²) >= 11 is 1.58. The van der Waals surface area contributed by atoms with Crippen molar-refractivity contribution in [1.29, 1.82) is 0 Å². The molecular formula is C15H24F7I. The fourth-order valence-electron chi connectivity index (χ4n) is 2.48. The lowest BCUT2D eigenvalue weighted by atomic mass is 9.87. The Kier molecular flexibility index (Phi) is 9.75. The molecule has 0 saturated carbocycles. The summed E-state index contributed by atoms with van der Waals surface area (Å²) in [5.41, 5.74) is 0. The summed E-state index contributed by atoms with van der Waals surface area (Å²) in [7, 11) is 0. The van der Waals surface area contributed by atoms with E-state index in [4.69, 9.17) is 0 Å². The van der Waals surface area contributed by atoms with E-state index in [-0.39, 0.29) is 6.42 Å². The van der Waals surface area contributed by atoms with Gasteiger partial charge in [-0.2, -0.15) is 30.7 Å². The van der Waals surface area contributed by atoms with Crippen LogP contribution >= 0.6 is 22.6 Å². The fraction of sp³-hybridized carbons (Fsp3) is 1.00. The van der Waals surface area contributed by atoms with Gasteiger partial charge in [0.15, 0.2) is 0 Å². The summed E-state index contributed by atoms with van der Waals surface area (Å²) in [5, 5.41) is 0. The summed E-state index contributed by atoms with van der Waals surface area (Å²) in [6, 6.07) is 0. The van der Waals surface area contributed by atoms with Crippen LogP contribution in [0, 0.1) is 5.92 Å². The molecule has 0 aliphatic carbocycles. The zero-order valence-corrected chi connectivity index (χ0v) is 15.5. The molecule has 0 aromatic heterocycles. The van der Waals surface area contributed by atoms with Gasteiger partial charge >= 0.3 is 18.0 Å². The van der Waals surface area contributed by atoms with Crippen LogP contribution in [0.5, 0.6) is 0 Å². The number of halogens is 8. The van der Waals surface area contributed by atoms with Crippen LogP contribution in [0.25, 0.3) is 0 Å². The Balaban J connectivity index is 4.72. The zero-order valence-electron chi connectivity index (χ0n) is 13.3. The Hall–Kier alpha value is 0.240. The molecule has 0 amide bonds. The molecule has 0 rings (SSSR count). The molecule has 0 fully saturated rings. The van der Waals surface area contributed by atoms with E-state index in [1.54, 1.807) is 22.6 Å². The van der Waals surface area contributed by atoms with Crippen molar-refractivity contribution in [1.82, 2.24) is 0 Å². The van der Waals surface area contributed by atoms with Crippen LogP contribution in [-0.2, 0) is 0 Å². The standard InChI is InChI=1S/C15H24F7I/c1-3-5-6-7-8-9-10-12(23)11(4-2)13(16,17)14(18,19)15(20,21)22/h11-12H,3-10H2,1-2H3. The summed E-state index contributed by atoms with van der Waals surface area (Å²) < 4.78 is 89.9. The fourth-order valence-corrected chi connectivity index (χ4v) is 3.88. The van der Waals surface area contributed by atoms with Gasteiger partial charge in [0.1, 0.15) is 0 Å². The third kappa shape index (κ3) is 6.23. The van der Waals surface area contributed by atoms with Crippen molar-refractivity contribution in [3.8, 4) is 0 Å². The van der Waals surface area contributed by atoms with Crippen LogP contribution in [-0.4, -0.2) is 21.9 Å². The Morgan fingerprint density at radius 2 is 1.26 bits per heavy atom. The highest BCUT2D eigenvalue weighted by Gasteiger charge is 2.75. The highest BCUT2D eigenvalue weighted by atomic mass is 127. The van der Waals surface area contributed by atoms with Gasteiger partial charge in [-0.15, -0.1) is 0 Å². The van der Waals surface area contributed by atoms with E-state index in [2.05, 4.69) is 6.92 Å². The van der Waals surface area contributed by atoms with Crippen molar-refractivity contribution in [2.45, 2.75) is 87.2 Å². The average Bonchev–Trinajstić information content (AvgIpc) is 2.41. The maximum absolute atomic E-state index is 13.8. The maximum Gasteiger partial charge on any atom is 0.459 e. The molecule has 0 heterocycles. The molecule has 0 aliphatic rings. The van der Waals surface area contributed by atoms with Gasteiger partial charge in [0, 0.05) is 9.84 Å². The number of hydrogen-bond acceptors (Lipinski definition) is 0. The quantitative estimate of drug-likeness (QED) is 0.129. The van der Waals surface area contributed by atoms with Gasteiger partial charge in [-0.05, 0) is 12.8 Å². The molecule has 8 heteroatoms. The Morgan fingerprint density at radius 3 is 1.70 bits per heavy atom. The summed E-state index contributed by atoms with van der Waals surface area (Å²) in [6.45, 7) is 3.27. The van der Waals surface area contributed by atoms with Gasteiger partial charge in [0.05, 0.1) is 0 Å². The maximum atomic E-state index is 13.8. The number of rotatable bonds is 11. The lowest BCUT2D eigenvalue weighted by Crippen LogP contribution is -2.57. The molecule has 2 atom stereocenters. The molecule has 0 nitrogen and oxygen atoms in total. The highest BCUT2D eigenvalue weighted by molar-refractivity contribution is 14.1. The second-order valence-electron chi connectivity index (χ2n) is 5.78. The average molecular weight is 464 g/mol. The smallest absolute Gasteiger partial charge is 0.199 e. The van der Waals surface area contributed by atoms with Gasteiger partial charge in [-0.3, -0.25) is 0 Å². The number of unbranched alkanes of at least 4 members (excludes halogenated alkanes) is 5. The Labute approximate surface area is 146 Å². The minimum atomic E-state index is -6.25. The second-order valence-corrected chi connectivity index (χ2v) is 7.38. The van der Waals surface area contributed by atoms with Crippen molar-refractivity contribution in [2.75, 3.05) is 0 Å². The van der Waals surface area contributed by atoms with E-state index in [0.29, 0.717) is 6.42 Å². The molecule has 0 aromatic carbocycles. The van der Waals surface area contributed by atoms with Crippen molar-refractivity contribution in [3.63, 3.8) is 0 Å². The lowest BCUT2D eigenvalue weighted by Gasteiger charge is -2.36. The van der Waals surface area contributed by atoms with Crippen LogP contribution in [0.3, 0.4) is 0 Å². The van der Waals surface area contributed by atoms with Gasteiger partial charge < -0.3 is 0 Å². The van der Waals surface area contributed by atoms with E-state index in [9.17, 15) is 30.7 Å². The molecule has 0 saturated heterocycles. The minimum Gasteiger partial charge on any atom is -0.199 e. The van der Waals surface area contributed by atoms with E-state index >= 15 is 0 Å². The first kappa shape index (κ1) is 23.2. The van der Waals surface area contributed by atoms with Crippen molar-refractivity contribution in [3.05, 3.63) is 0 Å². The molecule has 0 bridgehead atoms. The monoisotopic (exact) mass is 464 g/mol. The van der Waals surface area contributed by atoms with E-state index in [1.165, 1.54) is 6.92 Å². The van der Waals surface area contributed by atoms with E-state index in [1.807, 2.05) is 0 Å². The molecule has 2 unspecified atom stereocenters. The third-order valence-electron chi connectivity index (χ3n) is 3.95. The van der Waals surface area contributed by atoms with Gasteiger partial charge in [-0.1, -0.05) is 75.0 Å². The molecule has 140 valence electrons. The van der Waals surface area contributed by atoms with Crippen LogP contribution in [0.1, 0.15) is 65.2 Å². The molecule has 0 aromatic rings. The predicted molar refractivity (Wildman–Crippen MR) is 85.5 cm³/mol. The molecule has 0 aliphatic heterocycles. The molecule has 0 N–H and O–H groups in total. The first-order chi connectivity index (χ1) is 10.4. The first-order valence-corrected chi connectivity index (χ1v) is 9.14. The zero-order chi connectivity index (χ0) is 18.3. The first-order valence-electron chi connectivity index (χ1n) is 7.89. The highest BCUT2D eigenvalue weighted by Crippen LogP contribution is 2.52. The molecule has 23 heavy (non-hydrogen) atoms. The normalized spacial score (nSPS) is 16.4. The van der Waals surface area contributed by atoms with Gasteiger partial charge in [-0.25, -0.2) is 0 Å². The van der Waals surface area contributed by atoms with Crippen LogP contribution in [0.2, 0.25) is 0 Å². The second kappa shape index (κ2) is 9.65. The van der Waals surface area contributed by atoms with E-state index < -0.39 is 34.3 Å². The lowest BCUT2D eigenvalue weighted by molar-refractivity contribution is -0.365. The van der Waals surface area contributed by atoms with E-state index in [0.717, 1.165) is 32.1 Å². The van der Waals surface area contributed by atoms with Crippen LogP contribution in [0.15, 0.2) is 0 Å². The van der Waals surface area contributed by atoms with Crippen molar-refractivity contribution < 1.29 is 30.7 Å². The summed E-state index contributed by atoms with van der Waals surface area (Å²) in [4.78, 5) is 0. The minimum absolute atomic E-state index is 0.217. The van der Waals surface area contributed by atoms with Crippen molar-refractivity contribution in [2.24, 2.45) is 5.92 Å². The SMILES string of the molecule is CCCCCCCCC(I)C(CC)C(F)(F)C(F)(F)C(F)(F)F. The topological polar surface area (TPSA) is 0 Å². The molecule has 0 radical (unpaired) electrons. The number of alkyl halides is 8. The Morgan fingerprint density at radius 1 is 0.783 bits per heavy atom.